The third-order valence-corrected chi connectivity index (χ3v) is 4.90. The number of hydrogen-bond acceptors (Lipinski definition) is 5. The van der Waals surface area contributed by atoms with E-state index in [0.717, 1.165) is 51.1 Å². The van der Waals surface area contributed by atoms with Gasteiger partial charge in [-0.1, -0.05) is 0 Å². The number of hydrogen-bond donors (Lipinski definition) is 1. The van der Waals surface area contributed by atoms with Crippen LogP contribution in [-0.4, -0.2) is 53.0 Å². The largest absolute Gasteiger partial charge is 0.355 e. The Morgan fingerprint density at radius 1 is 1.12 bits per heavy atom. The summed E-state index contributed by atoms with van der Waals surface area (Å²) in [6.45, 7) is 3.21. The molecular formula is C16H27Cl2N5O. The van der Waals surface area contributed by atoms with Crippen molar-refractivity contribution in [3.63, 3.8) is 0 Å². The standard InChI is InChI=1S/C16H25N5O.2ClH/c17-11-14-3-1-2-8-21(14)16(22)13-4-9-20(10-5-13)15-12-18-6-7-19-15;;/h6-7,12-14H,1-5,8-11,17H2;2*1H. The molecule has 1 aromatic heterocycles. The van der Waals surface area contributed by atoms with Gasteiger partial charge in [0.05, 0.1) is 6.20 Å². The number of halogens is 2. The third kappa shape index (κ3) is 4.71. The second-order valence-electron chi connectivity index (χ2n) is 6.24. The van der Waals surface area contributed by atoms with Crippen molar-refractivity contribution in [3.8, 4) is 0 Å². The van der Waals surface area contributed by atoms with Gasteiger partial charge >= 0.3 is 0 Å². The Kier molecular flexibility index (Phi) is 8.73. The van der Waals surface area contributed by atoms with Gasteiger partial charge in [-0.25, -0.2) is 4.98 Å². The van der Waals surface area contributed by atoms with Crippen LogP contribution in [-0.2, 0) is 4.79 Å². The van der Waals surface area contributed by atoms with E-state index in [1.807, 2.05) is 4.90 Å². The Hall–Kier alpha value is -1.11. The van der Waals surface area contributed by atoms with Crippen LogP contribution in [0.2, 0.25) is 0 Å². The molecule has 3 rings (SSSR count). The Balaban J connectivity index is 0.00000144. The van der Waals surface area contributed by atoms with E-state index in [9.17, 15) is 4.79 Å². The fourth-order valence-corrected chi connectivity index (χ4v) is 3.58. The van der Waals surface area contributed by atoms with Crippen LogP contribution in [0.1, 0.15) is 32.1 Å². The monoisotopic (exact) mass is 375 g/mol. The van der Waals surface area contributed by atoms with Crippen LogP contribution in [0.4, 0.5) is 5.82 Å². The van der Waals surface area contributed by atoms with Gasteiger partial charge in [0.1, 0.15) is 5.82 Å². The summed E-state index contributed by atoms with van der Waals surface area (Å²) in [7, 11) is 0. The third-order valence-electron chi connectivity index (χ3n) is 4.90. The smallest absolute Gasteiger partial charge is 0.226 e. The van der Waals surface area contributed by atoms with E-state index in [1.54, 1.807) is 18.6 Å². The molecule has 2 fully saturated rings. The molecule has 2 saturated heterocycles. The average Bonchev–Trinajstić information content (AvgIpc) is 2.62. The number of piperidine rings is 2. The first-order chi connectivity index (χ1) is 10.8. The van der Waals surface area contributed by atoms with Gasteiger partial charge in [0.2, 0.25) is 5.91 Å². The number of nitrogens with zero attached hydrogens (tertiary/aromatic N) is 4. The van der Waals surface area contributed by atoms with E-state index in [-0.39, 0.29) is 36.8 Å². The fourth-order valence-electron chi connectivity index (χ4n) is 3.58. The van der Waals surface area contributed by atoms with Crippen molar-refractivity contribution in [2.75, 3.05) is 31.1 Å². The molecule has 2 aliphatic heterocycles. The van der Waals surface area contributed by atoms with Crippen LogP contribution < -0.4 is 10.6 Å². The molecule has 24 heavy (non-hydrogen) atoms. The van der Waals surface area contributed by atoms with Gasteiger partial charge in [0.15, 0.2) is 0 Å². The number of rotatable bonds is 3. The highest BCUT2D eigenvalue weighted by Crippen LogP contribution is 2.26. The lowest BCUT2D eigenvalue weighted by molar-refractivity contribution is -0.139. The molecule has 2 N–H and O–H groups in total. The summed E-state index contributed by atoms with van der Waals surface area (Å²) in [5.74, 6) is 1.36. The molecule has 1 unspecified atom stereocenters. The summed E-state index contributed by atoms with van der Waals surface area (Å²) in [5, 5.41) is 0. The molecule has 0 aromatic carbocycles. The van der Waals surface area contributed by atoms with E-state index in [4.69, 9.17) is 5.73 Å². The minimum atomic E-state index is 0. The van der Waals surface area contributed by atoms with Gasteiger partial charge in [-0.2, -0.15) is 0 Å². The van der Waals surface area contributed by atoms with Crippen molar-refractivity contribution in [1.29, 1.82) is 0 Å². The quantitative estimate of drug-likeness (QED) is 0.872. The number of nitrogens with two attached hydrogens (primary N) is 1. The Labute approximate surface area is 156 Å². The molecular weight excluding hydrogens is 349 g/mol. The van der Waals surface area contributed by atoms with Crippen LogP contribution in [0.5, 0.6) is 0 Å². The lowest BCUT2D eigenvalue weighted by Crippen LogP contribution is -2.51. The number of aromatic nitrogens is 2. The first-order valence-electron chi connectivity index (χ1n) is 8.31. The Morgan fingerprint density at radius 2 is 1.88 bits per heavy atom. The average molecular weight is 376 g/mol. The summed E-state index contributed by atoms with van der Waals surface area (Å²) in [6.07, 6.45) is 10.3. The van der Waals surface area contributed by atoms with Gasteiger partial charge in [-0.15, -0.1) is 24.8 Å². The van der Waals surface area contributed by atoms with Crippen molar-refractivity contribution in [2.45, 2.75) is 38.1 Å². The van der Waals surface area contributed by atoms with E-state index in [2.05, 4.69) is 14.9 Å². The van der Waals surface area contributed by atoms with Crippen molar-refractivity contribution in [1.82, 2.24) is 14.9 Å². The summed E-state index contributed by atoms with van der Waals surface area (Å²) in [5.41, 5.74) is 5.84. The highest BCUT2D eigenvalue weighted by atomic mass is 35.5. The predicted molar refractivity (Wildman–Crippen MR) is 99.9 cm³/mol. The molecule has 3 heterocycles. The lowest BCUT2D eigenvalue weighted by atomic mass is 9.92. The maximum Gasteiger partial charge on any atom is 0.226 e. The zero-order valence-corrected chi connectivity index (χ0v) is 15.5. The number of carbonyl (C=O) groups excluding carboxylic acids is 1. The maximum absolute atomic E-state index is 12.8. The van der Waals surface area contributed by atoms with E-state index in [1.165, 1.54) is 6.42 Å². The molecule has 1 aromatic rings. The minimum Gasteiger partial charge on any atom is -0.355 e. The number of likely N-dealkylation sites (tertiary alicyclic amines) is 1. The molecule has 1 amide bonds. The van der Waals surface area contributed by atoms with E-state index in [0.29, 0.717) is 12.5 Å². The Bertz CT molecular complexity index is 497. The second-order valence-corrected chi connectivity index (χ2v) is 6.24. The molecule has 136 valence electrons. The highest BCUT2D eigenvalue weighted by molar-refractivity contribution is 5.85. The van der Waals surface area contributed by atoms with E-state index >= 15 is 0 Å². The van der Waals surface area contributed by atoms with Crippen LogP contribution in [0.25, 0.3) is 0 Å². The van der Waals surface area contributed by atoms with Crippen molar-refractivity contribution in [2.24, 2.45) is 11.7 Å². The van der Waals surface area contributed by atoms with Gasteiger partial charge in [-0.05, 0) is 32.1 Å². The molecule has 1 atom stereocenters. The zero-order valence-electron chi connectivity index (χ0n) is 13.8. The first kappa shape index (κ1) is 20.9. The first-order valence-corrected chi connectivity index (χ1v) is 8.31. The van der Waals surface area contributed by atoms with Crippen LogP contribution in [0, 0.1) is 5.92 Å². The van der Waals surface area contributed by atoms with Crippen molar-refractivity contribution < 1.29 is 4.79 Å². The topological polar surface area (TPSA) is 75.3 Å². The molecule has 0 bridgehead atoms. The molecule has 8 heteroatoms. The molecule has 6 nitrogen and oxygen atoms in total. The van der Waals surface area contributed by atoms with Crippen LogP contribution >= 0.6 is 24.8 Å². The van der Waals surface area contributed by atoms with Gasteiger partial charge < -0.3 is 15.5 Å². The fraction of sp³-hybridized carbons (Fsp3) is 0.688. The maximum atomic E-state index is 12.8. The summed E-state index contributed by atoms with van der Waals surface area (Å²) in [6, 6.07) is 0.249. The predicted octanol–water partition coefficient (Wildman–Crippen LogP) is 1.88. The van der Waals surface area contributed by atoms with Crippen molar-refractivity contribution >= 4 is 36.5 Å². The van der Waals surface area contributed by atoms with Gasteiger partial charge in [-0.3, -0.25) is 9.78 Å². The van der Waals surface area contributed by atoms with Crippen molar-refractivity contribution in [3.05, 3.63) is 18.6 Å². The number of amides is 1. The van der Waals surface area contributed by atoms with Gasteiger partial charge in [0.25, 0.3) is 0 Å². The normalized spacial score (nSPS) is 21.6. The number of carbonyl (C=O) groups is 1. The zero-order chi connectivity index (χ0) is 15.4. The summed E-state index contributed by atoms with van der Waals surface area (Å²) in [4.78, 5) is 25.5. The minimum absolute atomic E-state index is 0. The SMILES string of the molecule is Cl.Cl.NCC1CCCCN1C(=O)C1CCN(c2cnccn2)CC1. The van der Waals surface area contributed by atoms with Gasteiger partial charge in [0, 0.05) is 50.5 Å². The highest BCUT2D eigenvalue weighted by Gasteiger charge is 2.33. The van der Waals surface area contributed by atoms with Crippen LogP contribution in [0.3, 0.4) is 0 Å². The molecule has 0 spiro atoms. The Morgan fingerprint density at radius 3 is 2.50 bits per heavy atom. The second kappa shape index (κ2) is 10.0. The number of anilines is 1. The molecule has 2 aliphatic rings. The molecule has 0 saturated carbocycles. The van der Waals surface area contributed by atoms with E-state index < -0.39 is 0 Å². The van der Waals surface area contributed by atoms with Crippen LogP contribution in [0.15, 0.2) is 18.6 Å². The lowest BCUT2D eigenvalue weighted by Gasteiger charge is -2.39. The summed E-state index contributed by atoms with van der Waals surface area (Å²) < 4.78 is 0. The molecule has 0 radical (unpaired) electrons. The molecule has 0 aliphatic carbocycles. The summed E-state index contributed by atoms with van der Waals surface area (Å²) >= 11 is 0.